The van der Waals surface area contributed by atoms with Gasteiger partial charge in [0.05, 0.1) is 18.9 Å². The molecule has 4 rings (SSSR count). The van der Waals surface area contributed by atoms with E-state index in [1.807, 2.05) is 0 Å². The maximum Gasteiger partial charge on any atom is 0.319 e. The number of methoxy groups -OCH3 is 1. The number of ether oxygens (including phenoxy) is 2. The van der Waals surface area contributed by atoms with Gasteiger partial charge in [0.1, 0.15) is 16.9 Å². The van der Waals surface area contributed by atoms with E-state index in [0.29, 0.717) is 40.9 Å². The molecule has 1 aliphatic rings. The third kappa shape index (κ3) is 4.67. The van der Waals surface area contributed by atoms with Gasteiger partial charge in [0.15, 0.2) is 11.5 Å². The van der Waals surface area contributed by atoms with E-state index in [0.717, 1.165) is 6.26 Å². The summed E-state index contributed by atoms with van der Waals surface area (Å²) >= 11 is 0. The number of carboxylic acid groups (broad SMARTS) is 1. The van der Waals surface area contributed by atoms with Crippen LogP contribution in [0.3, 0.4) is 0 Å². The monoisotopic (exact) mass is 472 g/mol. The number of pyridine rings is 1. The highest BCUT2D eigenvalue weighted by atomic mass is 32.2. The van der Waals surface area contributed by atoms with Crippen LogP contribution < -0.4 is 19.0 Å². The molecule has 1 saturated carbocycles. The molecule has 1 amide bonds. The van der Waals surface area contributed by atoms with Crippen molar-refractivity contribution in [3.05, 3.63) is 48.7 Å². The van der Waals surface area contributed by atoms with Gasteiger partial charge in [0, 0.05) is 23.3 Å². The molecule has 0 saturated heterocycles. The van der Waals surface area contributed by atoms with E-state index in [1.54, 1.807) is 30.3 Å². The lowest BCUT2D eigenvalue weighted by Crippen LogP contribution is -2.31. The Hall–Kier alpha value is -3.86. The predicted octanol–water partition coefficient (Wildman–Crippen LogP) is 3.18. The molecular weight excluding hydrogens is 452 g/mol. The van der Waals surface area contributed by atoms with E-state index in [-0.39, 0.29) is 11.5 Å². The number of nitrogens with one attached hydrogen (secondary N) is 1. The van der Waals surface area contributed by atoms with Crippen LogP contribution in [0.25, 0.3) is 10.9 Å². The van der Waals surface area contributed by atoms with Crippen LogP contribution in [0, 0.1) is 5.41 Å². The minimum atomic E-state index is -3.79. The second-order valence-corrected chi connectivity index (χ2v) is 9.16. The average Bonchev–Trinajstić information content (AvgIpc) is 3.56. The number of aliphatic carboxylic acids is 1. The first kappa shape index (κ1) is 22.3. The van der Waals surface area contributed by atoms with Crippen molar-refractivity contribution in [2.24, 2.45) is 5.41 Å². The summed E-state index contributed by atoms with van der Waals surface area (Å²) in [6.07, 6.45) is 3.10. The lowest BCUT2D eigenvalue weighted by Gasteiger charge is -2.14. The van der Waals surface area contributed by atoms with Gasteiger partial charge < -0.3 is 24.1 Å². The zero-order valence-corrected chi connectivity index (χ0v) is 18.5. The number of hydrogen-bond donors (Lipinski definition) is 2. The average molecular weight is 472 g/mol. The molecule has 3 aromatic rings. The molecule has 10 nitrogen and oxygen atoms in total. The minimum absolute atomic E-state index is 0.00385. The van der Waals surface area contributed by atoms with Crippen molar-refractivity contribution in [3.8, 4) is 23.0 Å². The van der Waals surface area contributed by atoms with Crippen LogP contribution in [0.1, 0.15) is 12.8 Å². The Morgan fingerprint density at radius 3 is 2.33 bits per heavy atom. The Bertz CT molecular complexity index is 1350. The van der Waals surface area contributed by atoms with Crippen LogP contribution in [-0.2, 0) is 19.7 Å². The molecule has 0 aliphatic heterocycles. The maximum absolute atomic E-state index is 12.2. The van der Waals surface area contributed by atoms with E-state index in [4.69, 9.17) is 13.7 Å². The van der Waals surface area contributed by atoms with E-state index in [2.05, 4.69) is 10.3 Å². The van der Waals surface area contributed by atoms with E-state index >= 15 is 0 Å². The fourth-order valence-corrected chi connectivity index (χ4v) is 3.71. The van der Waals surface area contributed by atoms with Gasteiger partial charge in [-0.05, 0) is 49.2 Å². The molecule has 0 spiro atoms. The minimum Gasteiger partial charge on any atom is -0.493 e. The van der Waals surface area contributed by atoms with Gasteiger partial charge in [-0.25, -0.2) is 0 Å². The van der Waals surface area contributed by atoms with Gasteiger partial charge in [-0.2, -0.15) is 8.42 Å². The highest BCUT2D eigenvalue weighted by Crippen LogP contribution is 2.47. The normalized spacial score (nSPS) is 14.4. The van der Waals surface area contributed by atoms with Gasteiger partial charge in [0.2, 0.25) is 5.91 Å². The number of benzene rings is 2. The third-order valence-corrected chi connectivity index (χ3v) is 5.64. The molecule has 0 atom stereocenters. The smallest absolute Gasteiger partial charge is 0.319 e. The largest absolute Gasteiger partial charge is 0.493 e. The Balaban J connectivity index is 1.58. The van der Waals surface area contributed by atoms with Crippen molar-refractivity contribution >= 4 is 38.6 Å². The first-order valence-electron chi connectivity index (χ1n) is 9.80. The number of rotatable bonds is 8. The van der Waals surface area contributed by atoms with Crippen LogP contribution in [0.2, 0.25) is 0 Å². The Kier molecular flexibility index (Phi) is 5.58. The van der Waals surface area contributed by atoms with Gasteiger partial charge in [-0.3, -0.25) is 14.6 Å². The third-order valence-electron chi connectivity index (χ3n) is 5.16. The van der Waals surface area contributed by atoms with Crippen molar-refractivity contribution in [2.75, 3.05) is 18.7 Å². The van der Waals surface area contributed by atoms with E-state index in [9.17, 15) is 23.1 Å². The van der Waals surface area contributed by atoms with Crippen LogP contribution in [-0.4, -0.2) is 43.8 Å². The molecule has 33 heavy (non-hydrogen) atoms. The van der Waals surface area contributed by atoms with Crippen molar-refractivity contribution < 1.29 is 36.8 Å². The Morgan fingerprint density at radius 1 is 1.06 bits per heavy atom. The Morgan fingerprint density at radius 2 is 1.76 bits per heavy atom. The standard InChI is InChI=1S/C22H20N2O8S/c1-30-18-12-16-15(11-19(18)32-33(2,28)29)17(7-10-23-16)31-14-5-3-13(4-6-14)24-20(25)22(8-9-22)21(26)27/h3-7,10-12H,8-9H2,1-2H3,(H,24,25)(H,26,27). The summed E-state index contributed by atoms with van der Waals surface area (Å²) in [5, 5.41) is 12.3. The number of carboxylic acids is 1. The summed E-state index contributed by atoms with van der Waals surface area (Å²) in [5.74, 6) is -0.651. The summed E-state index contributed by atoms with van der Waals surface area (Å²) < 4.78 is 39.4. The summed E-state index contributed by atoms with van der Waals surface area (Å²) in [7, 11) is -2.40. The summed E-state index contributed by atoms with van der Waals surface area (Å²) in [5.41, 5.74) is -0.400. The van der Waals surface area contributed by atoms with Gasteiger partial charge >= 0.3 is 16.1 Å². The van der Waals surface area contributed by atoms with Crippen LogP contribution in [0.15, 0.2) is 48.7 Å². The predicted molar refractivity (Wildman–Crippen MR) is 118 cm³/mol. The molecule has 11 heteroatoms. The van der Waals surface area contributed by atoms with Crippen molar-refractivity contribution in [2.45, 2.75) is 12.8 Å². The number of amides is 1. The second-order valence-electron chi connectivity index (χ2n) is 7.58. The molecule has 172 valence electrons. The number of nitrogens with zero attached hydrogens (tertiary/aromatic N) is 1. The molecule has 2 N–H and O–H groups in total. The first-order valence-corrected chi connectivity index (χ1v) is 11.6. The summed E-state index contributed by atoms with van der Waals surface area (Å²) in [6.45, 7) is 0. The van der Waals surface area contributed by atoms with Crippen molar-refractivity contribution in [1.29, 1.82) is 0 Å². The second kappa shape index (κ2) is 8.24. The van der Waals surface area contributed by atoms with Crippen LogP contribution in [0.4, 0.5) is 5.69 Å². The van der Waals surface area contributed by atoms with E-state index in [1.165, 1.54) is 25.4 Å². The molecule has 0 radical (unpaired) electrons. The molecule has 1 aromatic heterocycles. The van der Waals surface area contributed by atoms with Crippen molar-refractivity contribution in [1.82, 2.24) is 4.98 Å². The fraction of sp³-hybridized carbons (Fsp3) is 0.227. The highest BCUT2D eigenvalue weighted by molar-refractivity contribution is 7.86. The van der Waals surface area contributed by atoms with Crippen LogP contribution >= 0.6 is 0 Å². The highest BCUT2D eigenvalue weighted by Gasteiger charge is 2.57. The van der Waals surface area contributed by atoms with E-state index < -0.39 is 27.4 Å². The molecule has 0 bridgehead atoms. The van der Waals surface area contributed by atoms with Crippen molar-refractivity contribution in [3.63, 3.8) is 0 Å². The van der Waals surface area contributed by atoms with Crippen LogP contribution in [0.5, 0.6) is 23.0 Å². The number of aromatic nitrogens is 1. The SMILES string of the molecule is COc1cc2nccc(Oc3ccc(NC(=O)C4(C(=O)O)CC4)cc3)c2cc1OS(C)(=O)=O. The number of carbonyl (C=O) groups is 2. The molecule has 1 aliphatic carbocycles. The summed E-state index contributed by atoms with van der Waals surface area (Å²) in [6, 6.07) is 11.0. The lowest BCUT2D eigenvalue weighted by atomic mass is 10.1. The summed E-state index contributed by atoms with van der Waals surface area (Å²) in [4.78, 5) is 27.8. The molecule has 1 fully saturated rings. The Labute approximate surface area is 189 Å². The zero-order valence-electron chi connectivity index (χ0n) is 17.7. The number of hydrogen-bond acceptors (Lipinski definition) is 8. The van der Waals surface area contributed by atoms with Gasteiger partial charge in [0.25, 0.3) is 0 Å². The quantitative estimate of drug-likeness (QED) is 0.373. The number of fused-ring (bicyclic) bond motifs is 1. The molecule has 0 unspecified atom stereocenters. The molecule has 2 aromatic carbocycles. The van der Waals surface area contributed by atoms with Gasteiger partial charge in [-0.1, -0.05) is 0 Å². The zero-order chi connectivity index (χ0) is 23.8. The van der Waals surface area contributed by atoms with Gasteiger partial charge in [-0.15, -0.1) is 0 Å². The molecule has 1 heterocycles. The first-order chi connectivity index (χ1) is 15.6. The maximum atomic E-state index is 12.2. The molecular formula is C22H20N2O8S. The topological polar surface area (TPSA) is 141 Å². The fourth-order valence-electron chi connectivity index (χ4n) is 3.25. The number of anilines is 1. The number of carbonyl (C=O) groups excluding carboxylic acids is 1. The lowest BCUT2D eigenvalue weighted by molar-refractivity contribution is -0.147.